The van der Waals surface area contributed by atoms with Crippen LogP contribution in [-0.4, -0.2) is 44.7 Å². The third kappa shape index (κ3) is 15.0. The van der Waals surface area contributed by atoms with Crippen LogP contribution >= 0.6 is 0 Å². The summed E-state index contributed by atoms with van der Waals surface area (Å²) in [7, 11) is 0. The zero-order valence-electron chi connectivity index (χ0n) is 23.4. The molecule has 1 amide bonds. The van der Waals surface area contributed by atoms with Crippen molar-refractivity contribution in [2.75, 3.05) is 6.54 Å². The molecule has 1 aromatic rings. The van der Waals surface area contributed by atoms with Gasteiger partial charge in [-0.1, -0.05) is 68.4 Å². The van der Waals surface area contributed by atoms with Gasteiger partial charge in [-0.15, -0.1) is 0 Å². The predicted molar refractivity (Wildman–Crippen MR) is 155 cm³/mol. The Morgan fingerprint density at radius 2 is 1.63 bits per heavy atom. The molecule has 0 fully saturated rings. The molecule has 1 unspecified atom stereocenters. The first kappa shape index (κ1) is 35.3. The fourth-order valence-corrected chi connectivity index (χ4v) is 3.80. The second kappa shape index (κ2) is 20.2. The molecule has 0 heterocycles. The van der Waals surface area contributed by atoms with E-state index in [0.717, 1.165) is 12.8 Å². The number of nitro groups is 2. The van der Waals surface area contributed by atoms with Crippen LogP contribution in [0.25, 0.3) is 0 Å². The Morgan fingerprint density at radius 3 is 2.27 bits per heavy atom. The van der Waals surface area contributed by atoms with Gasteiger partial charge in [0, 0.05) is 24.6 Å². The standard InChI is InChI=1S/C29H41FN4O7/c1-2-3-4-5-6-9-13-22(35)14-10-7-8-11-15-23(36)16-12-17-29(37)32-19-18-26(31)24-20-25(30)28(34(40)41)21-27(24)33(38)39/h6-11,14-15,20-23,26,35-36H,2-5,12-13,16-19,31H2,1H3,(H,32,37)/b8-7?,9-6-,14-10+,15-11?/t22-,23-,26?/m1/s1. The zero-order valence-corrected chi connectivity index (χ0v) is 23.4. The Hall–Kier alpha value is -3.74. The molecule has 1 aromatic carbocycles. The lowest BCUT2D eigenvalue weighted by molar-refractivity contribution is -0.396. The number of halogens is 1. The highest BCUT2D eigenvalue weighted by Gasteiger charge is 2.27. The number of unbranched alkanes of at least 4 members (excludes halogenated alkanes) is 3. The summed E-state index contributed by atoms with van der Waals surface area (Å²) in [4.78, 5) is 32.3. The van der Waals surface area contributed by atoms with Gasteiger partial charge in [0.25, 0.3) is 5.69 Å². The molecule has 1 rings (SSSR count). The molecule has 0 aliphatic heterocycles. The van der Waals surface area contributed by atoms with Crippen molar-refractivity contribution in [3.63, 3.8) is 0 Å². The Balaban J connectivity index is 2.33. The van der Waals surface area contributed by atoms with Crippen LogP contribution in [0.1, 0.15) is 76.3 Å². The number of aliphatic hydroxyl groups is 2. The molecule has 11 nitrogen and oxygen atoms in total. The quantitative estimate of drug-likeness (QED) is 0.0534. The first-order chi connectivity index (χ1) is 19.6. The van der Waals surface area contributed by atoms with Crippen molar-refractivity contribution < 1.29 is 29.2 Å². The van der Waals surface area contributed by atoms with Crippen molar-refractivity contribution in [2.24, 2.45) is 5.73 Å². The Morgan fingerprint density at radius 1 is 0.976 bits per heavy atom. The van der Waals surface area contributed by atoms with E-state index in [4.69, 9.17) is 5.73 Å². The lowest BCUT2D eigenvalue weighted by atomic mass is 10.0. The third-order valence-corrected chi connectivity index (χ3v) is 6.09. The maximum Gasteiger partial charge on any atom is 0.311 e. The fraction of sp³-hybridized carbons (Fsp3) is 0.483. The van der Waals surface area contributed by atoms with Crippen LogP contribution in [0.4, 0.5) is 15.8 Å². The number of benzene rings is 1. The molecule has 3 atom stereocenters. The van der Waals surface area contributed by atoms with Gasteiger partial charge in [-0.25, -0.2) is 0 Å². The van der Waals surface area contributed by atoms with Gasteiger partial charge in [-0.3, -0.25) is 25.0 Å². The number of nitro benzene ring substituents is 2. The van der Waals surface area contributed by atoms with E-state index in [0.29, 0.717) is 31.4 Å². The number of aliphatic hydroxyl groups excluding tert-OH is 2. The van der Waals surface area contributed by atoms with Gasteiger partial charge in [0.05, 0.1) is 28.1 Å². The van der Waals surface area contributed by atoms with Crippen molar-refractivity contribution in [3.8, 4) is 0 Å². The molecule has 41 heavy (non-hydrogen) atoms. The Labute approximate surface area is 239 Å². The van der Waals surface area contributed by atoms with Gasteiger partial charge in [-0.2, -0.15) is 4.39 Å². The monoisotopic (exact) mass is 576 g/mol. The number of nitrogens with two attached hydrogens (primary N) is 1. The van der Waals surface area contributed by atoms with E-state index >= 15 is 0 Å². The van der Waals surface area contributed by atoms with Crippen molar-refractivity contribution in [3.05, 3.63) is 92.4 Å². The summed E-state index contributed by atoms with van der Waals surface area (Å²) < 4.78 is 14.0. The smallest absolute Gasteiger partial charge is 0.311 e. The summed E-state index contributed by atoms with van der Waals surface area (Å²) in [6.07, 6.45) is 19.0. The van der Waals surface area contributed by atoms with E-state index in [1.807, 2.05) is 6.08 Å². The average molecular weight is 577 g/mol. The van der Waals surface area contributed by atoms with E-state index in [2.05, 4.69) is 18.3 Å². The van der Waals surface area contributed by atoms with Gasteiger partial charge in [0.15, 0.2) is 0 Å². The summed E-state index contributed by atoms with van der Waals surface area (Å²) in [6.45, 7) is 2.22. The second-order valence-electron chi connectivity index (χ2n) is 9.51. The second-order valence-corrected chi connectivity index (χ2v) is 9.51. The van der Waals surface area contributed by atoms with Crippen LogP contribution in [0.2, 0.25) is 0 Å². The largest absolute Gasteiger partial charge is 0.389 e. The van der Waals surface area contributed by atoms with Crippen LogP contribution in [0, 0.1) is 26.0 Å². The number of hydrogen-bond acceptors (Lipinski definition) is 8. The number of amides is 1. The van der Waals surface area contributed by atoms with Crippen molar-refractivity contribution in [2.45, 2.75) is 83.0 Å². The maximum atomic E-state index is 14.0. The molecule has 12 heteroatoms. The van der Waals surface area contributed by atoms with Crippen LogP contribution in [0.5, 0.6) is 0 Å². The van der Waals surface area contributed by atoms with E-state index in [9.17, 15) is 39.6 Å². The number of rotatable bonds is 20. The number of nitrogens with one attached hydrogen (secondary N) is 1. The summed E-state index contributed by atoms with van der Waals surface area (Å²) in [6, 6.07) is 0.193. The third-order valence-electron chi connectivity index (χ3n) is 6.09. The van der Waals surface area contributed by atoms with E-state index in [1.165, 1.54) is 12.8 Å². The molecule has 0 aliphatic carbocycles. The highest BCUT2D eigenvalue weighted by Crippen LogP contribution is 2.32. The van der Waals surface area contributed by atoms with Crippen molar-refractivity contribution in [1.82, 2.24) is 5.32 Å². The molecule has 0 saturated carbocycles. The first-order valence-electron chi connectivity index (χ1n) is 13.7. The van der Waals surface area contributed by atoms with E-state index in [-0.39, 0.29) is 30.9 Å². The van der Waals surface area contributed by atoms with Crippen LogP contribution in [0.3, 0.4) is 0 Å². The van der Waals surface area contributed by atoms with Gasteiger partial charge < -0.3 is 21.3 Å². The highest BCUT2D eigenvalue weighted by atomic mass is 19.1. The topological polar surface area (TPSA) is 182 Å². The number of nitrogens with zero attached hydrogens (tertiary/aromatic N) is 2. The van der Waals surface area contributed by atoms with Crippen LogP contribution < -0.4 is 11.1 Å². The zero-order chi connectivity index (χ0) is 30.6. The molecule has 0 radical (unpaired) electrons. The number of carbonyl (C=O) groups excluding carboxylic acids is 1. The minimum atomic E-state index is -1.23. The summed E-state index contributed by atoms with van der Waals surface area (Å²) in [5.74, 6) is -1.54. The molecule has 0 saturated heterocycles. The van der Waals surface area contributed by atoms with Gasteiger partial charge >= 0.3 is 5.69 Å². The van der Waals surface area contributed by atoms with E-state index < -0.39 is 45.3 Å². The SMILES string of the molecule is CCCCC/C=C\C[C@@H](O)/C=C/C=CC=C[C@@H](O)CCCC(=O)NCCC(N)c1cc(F)c([N+](=O)[O-])cc1[N+](=O)[O-]. The maximum absolute atomic E-state index is 14.0. The summed E-state index contributed by atoms with van der Waals surface area (Å²) in [5.41, 5.74) is 4.05. The number of hydrogen-bond donors (Lipinski definition) is 4. The molecule has 226 valence electrons. The molecule has 0 aromatic heterocycles. The van der Waals surface area contributed by atoms with Gasteiger partial charge in [0.1, 0.15) is 0 Å². The highest BCUT2D eigenvalue weighted by molar-refractivity contribution is 5.75. The Bertz CT molecular complexity index is 1100. The number of allylic oxidation sites excluding steroid dienone is 5. The fourth-order valence-electron chi connectivity index (χ4n) is 3.80. The average Bonchev–Trinajstić information content (AvgIpc) is 2.91. The van der Waals surface area contributed by atoms with Crippen molar-refractivity contribution in [1.29, 1.82) is 0 Å². The van der Waals surface area contributed by atoms with Gasteiger partial charge in [-0.05, 0) is 44.6 Å². The van der Waals surface area contributed by atoms with Crippen molar-refractivity contribution >= 4 is 17.3 Å². The summed E-state index contributed by atoms with van der Waals surface area (Å²) in [5, 5.41) is 44.7. The molecule has 5 N–H and O–H groups in total. The minimum Gasteiger partial charge on any atom is -0.389 e. The number of carbonyl (C=O) groups is 1. The summed E-state index contributed by atoms with van der Waals surface area (Å²) >= 11 is 0. The molecular weight excluding hydrogens is 535 g/mol. The van der Waals surface area contributed by atoms with E-state index in [1.54, 1.807) is 36.5 Å². The van der Waals surface area contributed by atoms with Crippen LogP contribution in [0.15, 0.2) is 60.7 Å². The molecule has 0 spiro atoms. The molecule has 0 bridgehead atoms. The normalized spacial score (nSPS) is 14.3. The lowest BCUT2D eigenvalue weighted by Gasteiger charge is -2.13. The lowest BCUT2D eigenvalue weighted by Crippen LogP contribution is -2.27. The first-order valence-corrected chi connectivity index (χ1v) is 13.7. The molecule has 0 aliphatic rings. The predicted octanol–water partition coefficient (Wildman–Crippen LogP) is 5.24. The molecular formula is C29H41FN4O7. The Kier molecular flexibility index (Phi) is 17.4. The van der Waals surface area contributed by atoms with Gasteiger partial charge in [0.2, 0.25) is 11.7 Å². The van der Waals surface area contributed by atoms with Crippen LogP contribution in [-0.2, 0) is 4.79 Å². The minimum absolute atomic E-state index is 0.0444.